The van der Waals surface area contributed by atoms with Crippen molar-refractivity contribution in [2.75, 3.05) is 13.9 Å². The summed E-state index contributed by atoms with van der Waals surface area (Å²) in [4.78, 5) is 29.4. The van der Waals surface area contributed by atoms with E-state index in [0.29, 0.717) is 11.3 Å². The van der Waals surface area contributed by atoms with Gasteiger partial charge in [0.1, 0.15) is 5.78 Å². The van der Waals surface area contributed by atoms with E-state index in [1.54, 1.807) is 6.07 Å². The number of rotatable bonds is 6. The normalized spacial score (nSPS) is 19.1. The molecule has 0 radical (unpaired) electrons. The van der Waals surface area contributed by atoms with Crippen LogP contribution in [0.15, 0.2) is 36.4 Å². The Balaban J connectivity index is 1.34. The van der Waals surface area contributed by atoms with Crippen molar-refractivity contribution in [3.8, 4) is 11.5 Å². The zero-order valence-corrected chi connectivity index (χ0v) is 18.2. The first-order valence-corrected chi connectivity index (χ1v) is 11.1. The molecule has 0 unspecified atom stereocenters. The second kappa shape index (κ2) is 6.61. The number of esters is 1. The largest absolute Gasteiger partial charge is 0.465 e. The maximum absolute atomic E-state index is 13.5. The van der Waals surface area contributed by atoms with Crippen LogP contribution in [0.1, 0.15) is 59.8 Å². The number of aromatic nitrogens is 1. The lowest BCUT2D eigenvalue weighted by Crippen LogP contribution is -2.22. The van der Waals surface area contributed by atoms with Gasteiger partial charge in [0.05, 0.1) is 23.6 Å². The molecule has 6 nitrogen and oxygen atoms in total. The first kappa shape index (κ1) is 19.4. The maximum atomic E-state index is 13.5. The van der Waals surface area contributed by atoms with Crippen molar-refractivity contribution in [2.24, 2.45) is 0 Å². The molecule has 32 heavy (non-hydrogen) atoms. The monoisotopic (exact) mass is 431 g/mol. The molecule has 0 atom stereocenters. The first-order valence-electron chi connectivity index (χ1n) is 11.1. The number of ether oxygens (including phenoxy) is 3. The number of hydrogen-bond acceptors (Lipinski definition) is 5. The molecule has 0 amide bonds. The molecule has 2 fully saturated rings. The lowest BCUT2D eigenvalue weighted by Gasteiger charge is -2.16. The number of H-pyrrole nitrogens is 1. The van der Waals surface area contributed by atoms with Crippen molar-refractivity contribution >= 4 is 22.7 Å². The standard InChI is InChI=1S/C26H25NO5/c1-25(5-6-25)21-12-16-9-15(10-18(23(16)27-21)24(29)30-2)11-22(28)26(7-8-26)17-3-4-19-20(13-17)32-14-31-19/h3-4,9-10,12-13,27H,5-8,11,14H2,1-2H3. The molecule has 0 bridgehead atoms. The predicted octanol–water partition coefficient (Wildman–Crippen LogP) is 4.58. The summed E-state index contributed by atoms with van der Waals surface area (Å²) in [7, 11) is 1.39. The molecule has 2 aliphatic carbocycles. The van der Waals surface area contributed by atoms with E-state index in [2.05, 4.69) is 18.0 Å². The third kappa shape index (κ3) is 2.93. The molecule has 1 aliphatic heterocycles. The third-order valence-corrected chi connectivity index (χ3v) is 7.42. The van der Waals surface area contributed by atoms with Gasteiger partial charge >= 0.3 is 5.97 Å². The molecule has 0 spiro atoms. The van der Waals surface area contributed by atoms with Gasteiger partial charge in [0, 0.05) is 22.9 Å². The van der Waals surface area contributed by atoms with E-state index >= 15 is 0 Å². The highest BCUT2D eigenvalue weighted by molar-refractivity contribution is 6.04. The Hall–Kier alpha value is -3.28. The Morgan fingerprint density at radius 2 is 1.81 bits per heavy atom. The molecule has 0 saturated heterocycles. The maximum Gasteiger partial charge on any atom is 0.340 e. The lowest BCUT2D eigenvalue weighted by atomic mass is 9.87. The van der Waals surface area contributed by atoms with Crippen molar-refractivity contribution in [1.29, 1.82) is 0 Å². The molecule has 1 aromatic heterocycles. The van der Waals surface area contributed by atoms with Gasteiger partial charge in [-0.2, -0.15) is 0 Å². The fourth-order valence-electron chi connectivity index (χ4n) is 4.86. The topological polar surface area (TPSA) is 77.6 Å². The van der Waals surface area contributed by atoms with E-state index in [1.807, 2.05) is 24.3 Å². The quantitative estimate of drug-likeness (QED) is 0.578. The van der Waals surface area contributed by atoms with Crippen LogP contribution < -0.4 is 9.47 Å². The van der Waals surface area contributed by atoms with Gasteiger partial charge in [0.2, 0.25) is 6.79 Å². The molecule has 3 aliphatic rings. The summed E-state index contributed by atoms with van der Waals surface area (Å²) >= 11 is 0. The molecular weight excluding hydrogens is 406 g/mol. The zero-order chi connectivity index (χ0) is 22.1. The highest BCUT2D eigenvalue weighted by Gasteiger charge is 2.51. The number of aromatic amines is 1. The van der Waals surface area contributed by atoms with E-state index in [9.17, 15) is 9.59 Å². The highest BCUT2D eigenvalue weighted by atomic mass is 16.7. The van der Waals surface area contributed by atoms with Crippen LogP contribution in [0.3, 0.4) is 0 Å². The van der Waals surface area contributed by atoms with E-state index in [-0.39, 0.29) is 24.4 Å². The van der Waals surface area contributed by atoms with Gasteiger partial charge < -0.3 is 19.2 Å². The van der Waals surface area contributed by atoms with E-state index in [1.165, 1.54) is 7.11 Å². The molecule has 2 aromatic carbocycles. The number of carbonyl (C=O) groups excluding carboxylic acids is 2. The van der Waals surface area contributed by atoms with Crippen molar-refractivity contribution in [3.05, 3.63) is 58.8 Å². The lowest BCUT2D eigenvalue weighted by molar-refractivity contribution is -0.120. The van der Waals surface area contributed by atoms with Crippen molar-refractivity contribution in [2.45, 2.75) is 49.9 Å². The zero-order valence-electron chi connectivity index (χ0n) is 18.2. The van der Waals surface area contributed by atoms with Crippen LogP contribution in [0.25, 0.3) is 10.9 Å². The number of carbonyl (C=O) groups is 2. The van der Waals surface area contributed by atoms with Gasteiger partial charge in [0.25, 0.3) is 0 Å². The Kier molecular flexibility index (Phi) is 4.01. The van der Waals surface area contributed by atoms with Crippen LogP contribution in [0.2, 0.25) is 0 Å². The SMILES string of the molecule is COC(=O)c1cc(CC(=O)C2(c3ccc4c(c3)OCO4)CC2)cc2cc(C3(C)CC3)[nH]c12. The molecule has 3 aromatic rings. The minimum atomic E-state index is -0.480. The number of nitrogens with one attached hydrogen (secondary N) is 1. The Morgan fingerprint density at radius 3 is 2.53 bits per heavy atom. The average molecular weight is 431 g/mol. The van der Waals surface area contributed by atoms with Crippen LogP contribution in [-0.2, 0) is 26.8 Å². The number of hydrogen-bond donors (Lipinski definition) is 1. The van der Waals surface area contributed by atoms with Gasteiger partial charge in [-0.25, -0.2) is 4.79 Å². The molecule has 164 valence electrons. The molecule has 6 rings (SSSR count). The minimum Gasteiger partial charge on any atom is -0.465 e. The van der Waals surface area contributed by atoms with E-state index in [0.717, 1.165) is 59.2 Å². The average Bonchev–Trinajstić information content (AvgIpc) is 3.65. The van der Waals surface area contributed by atoms with Crippen molar-refractivity contribution in [3.63, 3.8) is 0 Å². The van der Waals surface area contributed by atoms with Gasteiger partial charge in [0.15, 0.2) is 11.5 Å². The van der Waals surface area contributed by atoms with Crippen molar-refractivity contribution < 1.29 is 23.8 Å². The third-order valence-electron chi connectivity index (χ3n) is 7.42. The number of methoxy groups -OCH3 is 1. The number of Topliss-reactive ketones (excluding diaryl/α,β-unsaturated/α-hetero) is 1. The van der Waals surface area contributed by atoms with Crippen LogP contribution in [0.4, 0.5) is 0 Å². The second-order valence-corrected chi connectivity index (χ2v) is 9.59. The van der Waals surface area contributed by atoms with Crippen LogP contribution in [-0.4, -0.2) is 30.6 Å². The fraction of sp³-hybridized carbons (Fsp3) is 0.385. The number of benzene rings is 2. The summed E-state index contributed by atoms with van der Waals surface area (Å²) in [6.45, 7) is 2.44. The van der Waals surface area contributed by atoms with Gasteiger partial charge in [-0.1, -0.05) is 13.0 Å². The summed E-state index contributed by atoms with van der Waals surface area (Å²) < 4.78 is 16.0. The van der Waals surface area contributed by atoms with Crippen LogP contribution in [0, 0.1) is 0 Å². The number of ketones is 1. The predicted molar refractivity (Wildman–Crippen MR) is 118 cm³/mol. The minimum absolute atomic E-state index is 0.153. The summed E-state index contributed by atoms with van der Waals surface area (Å²) in [6, 6.07) is 11.7. The van der Waals surface area contributed by atoms with Crippen LogP contribution in [0.5, 0.6) is 11.5 Å². The Bertz CT molecular complexity index is 1280. The van der Waals surface area contributed by atoms with E-state index < -0.39 is 11.4 Å². The summed E-state index contributed by atoms with van der Waals surface area (Å²) in [6.07, 6.45) is 4.19. The Labute approximate surface area is 185 Å². The highest BCUT2D eigenvalue weighted by Crippen LogP contribution is 2.52. The first-order chi connectivity index (χ1) is 15.4. The molecule has 1 N–H and O–H groups in total. The second-order valence-electron chi connectivity index (χ2n) is 9.59. The molecule has 2 heterocycles. The van der Waals surface area contributed by atoms with Gasteiger partial charge in [-0.05, 0) is 67.1 Å². The van der Waals surface area contributed by atoms with Gasteiger partial charge in [-0.3, -0.25) is 4.79 Å². The molecular formula is C26H25NO5. The summed E-state index contributed by atoms with van der Waals surface area (Å²) in [5.41, 5.74) is 3.89. The number of fused-ring (bicyclic) bond motifs is 2. The fourth-order valence-corrected chi connectivity index (χ4v) is 4.86. The Morgan fingerprint density at radius 1 is 1.03 bits per heavy atom. The summed E-state index contributed by atoms with van der Waals surface area (Å²) in [5.74, 6) is 1.19. The smallest absolute Gasteiger partial charge is 0.340 e. The van der Waals surface area contributed by atoms with Crippen molar-refractivity contribution in [1.82, 2.24) is 4.98 Å². The molecule has 2 saturated carbocycles. The summed E-state index contributed by atoms with van der Waals surface area (Å²) in [5, 5.41) is 0.951. The van der Waals surface area contributed by atoms with Crippen LogP contribution >= 0.6 is 0 Å². The van der Waals surface area contributed by atoms with E-state index in [4.69, 9.17) is 14.2 Å². The molecule has 6 heteroatoms. The van der Waals surface area contributed by atoms with Gasteiger partial charge in [-0.15, -0.1) is 0 Å².